The van der Waals surface area contributed by atoms with Gasteiger partial charge in [-0.25, -0.2) is 0 Å². The summed E-state index contributed by atoms with van der Waals surface area (Å²) in [6.07, 6.45) is 4.07. The highest BCUT2D eigenvalue weighted by atomic mass is 16.6. The van der Waals surface area contributed by atoms with Gasteiger partial charge in [0.2, 0.25) is 0 Å². The number of epoxide rings is 1. The van der Waals surface area contributed by atoms with Crippen molar-refractivity contribution in [2.24, 2.45) is 0 Å². The number of phenols is 1. The third-order valence-corrected chi connectivity index (χ3v) is 2.37. The van der Waals surface area contributed by atoms with Gasteiger partial charge in [-0.3, -0.25) is 0 Å². The first-order valence-corrected chi connectivity index (χ1v) is 5.94. The number of hydrogen-bond acceptors (Lipinski definition) is 2. The lowest BCUT2D eigenvalue weighted by Gasteiger charge is -1.94. The average molecular weight is 240 g/mol. The summed E-state index contributed by atoms with van der Waals surface area (Å²) in [4.78, 5) is 0. The molecule has 1 aliphatic heterocycles. The molecule has 2 aromatic carbocycles. The Hall–Kier alpha value is -2.06. The molecule has 0 amide bonds. The lowest BCUT2D eigenvalue weighted by atomic mass is 10.1. The zero-order chi connectivity index (χ0) is 12.6. The third-order valence-electron chi connectivity index (χ3n) is 2.37. The Kier molecular flexibility index (Phi) is 4.56. The Balaban J connectivity index is 0.000000350. The van der Waals surface area contributed by atoms with Gasteiger partial charge in [0.25, 0.3) is 0 Å². The summed E-state index contributed by atoms with van der Waals surface area (Å²) in [5.41, 5.74) is 2.25. The van der Waals surface area contributed by atoms with Crippen LogP contribution in [0.4, 0.5) is 0 Å². The normalized spacial score (nSPS) is 12.9. The average Bonchev–Trinajstić information content (AvgIpc) is 3.28. The first-order valence-electron chi connectivity index (χ1n) is 5.94. The van der Waals surface area contributed by atoms with E-state index in [1.165, 1.54) is 5.56 Å². The maximum atomic E-state index is 9.12. The monoisotopic (exact) mass is 240 g/mol. The number of rotatable bonds is 2. The molecule has 1 aliphatic rings. The van der Waals surface area contributed by atoms with E-state index in [1.807, 2.05) is 42.5 Å². The standard InChI is InChI=1S/C14H12O.C2H4O/c15-14-10-8-13(9-11-14)7-6-12-4-2-1-3-5-12;1-2-3-1/h1-11,15H;1-2H2. The van der Waals surface area contributed by atoms with Crippen molar-refractivity contribution in [1.29, 1.82) is 0 Å². The molecule has 3 rings (SSSR count). The first-order chi connectivity index (χ1) is 8.84. The Labute approximate surface area is 107 Å². The molecule has 0 radical (unpaired) electrons. The topological polar surface area (TPSA) is 32.8 Å². The summed E-state index contributed by atoms with van der Waals surface area (Å²) in [6, 6.07) is 17.3. The molecule has 0 atom stereocenters. The molecule has 1 saturated heterocycles. The largest absolute Gasteiger partial charge is 0.508 e. The number of hydrogen-bond donors (Lipinski definition) is 1. The van der Waals surface area contributed by atoms with Crippen molar-refractivity contribution in [2.75, 3.05) is 13.2 Å². The minimum atomic E-state index is 0.298. The van der Waals surface area contributed by atoms with Crippen LogP contribution in [0, 0.1) is 0 Å². The van der Waals surface area contributed by atoms with Crippen molar-refractivity contribution in [2.45, 2.75) is 0 Å². The predicted molar refractivity (Wildman–Crippen MR) is 74.3 cm³/mol. The second kappa shape index (κ2) is 6.62. The Morgan fingerprint density at radius 1 is 0.778 bits per heavy atom. The van der Waals surface area contributed by atoms with Crippen LogP contribution in [-0.2, 0) is 4.74 Å². The van der Waals surface area contributed by atoms with Crippen molar-refractivity contribution in [3.05, 3.63) is 65.7 Å². The van der Waals surface area contributed by atoms with Gasteiger partial charge >= 0.3 is 0 Å². The van der Waals surface area contributed by atoms with Crippen LogP contribution in [0.15, 0.2) is 54.6 Å². The Bertz CT molecular complexity index is 482. The second-order valence-corrected chi connectivity index (χ2v) is 3.95. The summed E-state index contributed by atoms with van der Waals surface area (Å²) in [6.45, 7) is 2.00. The van der Waals surface area contributed by atoms with Crippen LogP contribution in [0.3, 0.4) is 0 Å². The molecule has 2 heteroatoms. The molecule has 18 heavy (non-hydrogen) atoms. The number of aromatic hydroxyl groups is 1. The van der Waals surface area contributed by atoms with Crippen LogP contribution in [0.1, 0.15) is 11.1 Å². The van der Waals surface area contributed by atoms with Crippen molar-refractivity contribution in [1.82, 2.24) is 0 Å². The Morgan fingerprint density at radius 2 is 1.28 bits per heavy atom. The fourth-order valence-corrected chi connectivity index (χ4v) is 1.34. The van der Waals surface area contributed by atoms with Crippen molar-refractivity contribution in [3.8, 4) is 5.75 Å². The van der Waals surface area contributed by atoms with Crippen molar-refractivity contribution >= 4 is 12.2 Å². The summed E-state index contributed by atoms with van der Waals surface area (Å²) in [5, 5.41) is 9.12. The molecule has 0 aliphatic carbocycles. The summed E-state index contributed by atoms with van der Waals surface area (Å²) < 4.78 is 4.50. The van der Waals surface area contributed by atoms with Crippen molar-refractivity contribution in [3.63, 3.8) is 0 Å². The minimum absolute atomic E-state index is 0.298. The van der Waals surface area contributed by atoms with E-state index in [4.69, 9.17) is 5.11 Å². The van der Waals surface area contributed by atoms with E-state index in [1.54, 1.807) is 12.1 Å². The van der Waals surface area contributed by atoms with Gasteiger partial charge in [0.05, 0.1) is 13.2 Å². The summed E-state index contributed by atoms with van der Waals surface area (Å²) >= 11 is 0. The predicted octanol–water partition coefficient (Wildman–Crippen LogP) is 3.58. The van der Waals surface area contributed by atoms with Crippen LogP contribution in [0.25, 0.3) is 12.2 Å². The maximum absolute atomic E-state index is 9.12. The highest BCUT2D eigenvalue weighted by molar-refractivity contribution is 5.69. The molecule has 1 fully saturated rings. The molecule has 2 nitrogen and oxygen atoms in total. The van der Waals surface area contributed by atoms with Gasteiger partial charge in [-0.15, -0.1) is 0 Å². The molecule has 92 valence electrons. The van der Waals surface area contributed by atoms with Gasteiger partial charge in [0.1, 0.15) is 5.75 Å². The van der Waals surface area contributed by atoms with Gasteiger partial charge in [0.15, 0.2) is 0 Å². The molecular weight excluding hydrogens is 224 g/mol. The Morgan fingerprint density at radius 3 is 1.78 bits per heavy atom. The molecule has 0 saturated carbocycles. The van der Waals surface area contributed by atoms with Gasteiger partial charge in [-0.2, -0.15) is 0 Å². The maximum Gasteiger partial charge on any atom is 0.115 e. The highest BCUT2D eigenvalue weighted by Crippen LogP contribution is 2.12. The van der Waals surface area contributed by atoms with Gasteiger partial charge in [-0.05, 0) is 23.3 Å². The molecule has 0 unspecified atom stereocenters. The van der Waals surface area contributed by atoms with Crippen LogP contribution in [0.5, 0.6) is 5.75 Å². The molecule has 0 spiro atoms. The van der Waals surface area contributed by atoms with Crippen LogP contribution in [0.2, 0.25) is 0 Å². The van der Waals surface area contributed by atoms with Crippen molar-refractivity contribution < 1.29 is 9.84 Å². The van der Waals surface area contributed by atoms with E-state index >= 15 is 0 Å². The minimum Gasteiger partial charge on any atom is -0.508 e. The fourth-order valence-electron chi connectivity index (χ4n) is 1.34. The quantitative estimate of drug-likeness (QED) is 0.643. The number of phenolic OH excluding ortho intramolecular Hbond substituents is 1. The molecule has 1 N–H and O–H groups in total. The van der Waals surface area contributed by atoms with E-state index in [0.717, 1.165) is 18.8 Å². The van der Waals surface area contributed by atoms with E-state index < -0.39 is 0 Å². The van der Waals surface area contributed by atoms with Crippen LogP contribution in [-0.4, -0.2) is 18.3 Å². The smallest absolute Gasteiger partial charge is 0.115 e. The van der Waals surface area contributed by atoms with E-state index in [-0.39, 0.29) is 0 Å². The lowest BCUT2D eigenvalue weighted by Crippen LogP contribution is -1.71. The zero-order valence-corrected chi connectivity index (χ0v) is 10.1. The molecule has 2 aromatic rings. The van der Waals surface area contributed by atoms with Gasteiger partial charge < -0.3 is 9.84 Å². The molecule has 1 heterocycles. The number of benzene rings is 2. The van der Waals surface area contributed by atoms with E-state index in [2.05, 4.69) is 16.9 Å². The van der Waals surface area contributed by atoms with E-state index in [0.29, 0.717) is 5.75 Å². The SMILES string of the molecule is C1CO1.Oc1ccc(C=Cc2ccccc2)cc1. The van der Waals surface area contributed by atoms with E-state index in [9.17, 15) is 0 Å². The fraction of sp³-hybridized carbons (Fsp3) is 0.125. The zero-order valence-electron chi connectivity index (χ0n) is 10.1. The first kappa shape index (κ1) is 12.4. The number of ether oxygens (including phenoxy) is 1. The summed E-state index contributed by atoms with van der Waals surface area (Å²) in [5.74, 6) is 0.298. The second-order valence-electron chi connectivity index (χ2n) is 3.95. The summed E-state index contributed by atoms with van der Waals surface area (Å²) in [7, 11) is 0. The van der Waals surface area contributed by atoms with Crippen LogP contribution < -0.4 is 0 Å². The highest BCUT2D eigenvalue weighted by Gasteiger charge is 1.94. The molecule has 0 aromatic heterocycles. The third kappa shape index (κ3) is 4.85. The van der Waals surface area contributed by atoms with Crippen LogP contribution >= 0.6 is 0 Å². The van der Waals surface area contributed by atoms with Gasteiger partial charge in [0, 0.05) is 0 Å². The van der Waals surface area contributed by atoms with Gasteiger partial charge in [-0.1, -0.05) is 54.6 Å². The molecule has 0 bridgehead atoms. The lowest BCUT2D eigenvalue weighted by molar-refractivity contribution is 0.475. The molecular formula is C16H16O2.